The minimum Gasteiger partial charge on any atom is -0.348 e. The number of ether oxygens (including phenoxy) is 2. The quantitative estimate of drug-likeness (QED) is 0.634. The van der Waals surface area contributed by atoms with Crippen LogP contribution >= 0.6 is 0 Å². The van der Waals surface area contributed by atoms with E-state index in [-0.39, 0.29) is 10.7 Å². The number of nitrogens with zero attached hydrogens (tertiary/aromatic N) is 2. The molecule has 1 aromatic heterocycles. The van der Waals surface area contributed by atoms with Crippen molar-refractivity contribution in [3.8, 4) is 16.9 Å². The maximum Gasteiger partial charge on any atom is 0.213 e. The summed E-state index contributed by atoms with van der Waals surface area (Å²) in [5.74, 6) is -1.26. The van der Waals surface area contributed by atoms with E-state index in [0.29, 0.717) is 24.4 Å². The average Bonchev–Trinajstić information content (AvgIpc) is 3.36. The summed E-state index contributed by atoms with van der Waals surface area (Å²) in [5.41, 5.74) is 2.77. The largest absolute Gasteiger partial charge is 0.348 e. The van der Waals surface area contributed by atoms with Gasteiger partial charge in [0.2, 0.25) is 5.79 Å². The van der Waals surface area contributed by atoms with E-state index < -0.39 is 15.6 Å². The maximum absolute atomic E-state index is 13.4. The van der Waals surface area contributed by atoms with E-state index in [9.17, 15) is 12.8 Å². The molecule has 0 N–H and O–H groups in total. The zero-order valence-electron chi connectivity index (χ0n) is 16.1. The van der Waals surface area contributed by atoms with Crippen LogP contribution in [0.15, 0.2) is 59.5 Å². The van der Waals surface area contributed by atoms with Crippen molar-refractivity contribution in [1.29, 1.82) is 0 Å². The van der Waals surface area contributed by atoms with Gasteiger partial charge in [-0.05, 0) is 48.9 Å². The van der Waals surface area contributed by atoms with Crippen molar-refractivity contribution in [3.63, 3.8) is 0 Å². The molecule has 6 nitrogen and oxygen atoms in total. The normalized spacial score (nSPS) is 19.6. The summed E-state index contributed by atoms with van der Waals surface area (Å²) in [7, 11) is -1.71. The lowest BCUT2D eigenvalue weighted by atomic mass is 10.1. The van der Waals surface area contributed by atoms with Crippen molar-refractivity contribution in [1.82, 2.24) is 9.78 Å². The molecule has 1 unspecified atom stereocenters. The van der Waals surface area contributed by atoms with Crippen LogP contribution in [0.5, 0.6) is 0 Å². The Labute approximate surface area is 168 Å². The first-order valence-electron chi connectivity index (χ1n) is 9.18. The van der Waals surface area contributed by atoms with Crippen molar-refractivity contribution in [2.75, 3.05) is 20.0 Å². The number of hydrogen-bond donors (Lipinski definition) is 0. The van der Waals surface area contributed by atoms with Gasteiger partial charge in [0.1, 0.15) is 11.5 Å². The molecule has 0 radical (unpaired) electrons. The Hall–Kier alpha value is -2.55. The fraction of sp³-hybridized carbons (Fsp3) is 0.286. The van der Waals surface area contributed by atoms with Crippen molar-refractivity contribution < 1.29 is 22.3 Å². The highest BCUT2D eigenvalue weighted by Gasteiger charge is 2.40. The smallest absolute Gasteiger partial charge is 0.213 e. The lowest BCUT2D eigenvalue weighted by Crippen LogP contribution is -2.27. The molecule has 0 saturated carbocycles. The summed E-state index contributed by atoms with van der Waals surface area (Å²) in [4.78, 5) is 0.238. The van der Waals surface area contributed by atoms with Gasteiger partial charge in [0.05, 0.1) is 22.9 Å². The van der Waals surface area contributed by atoms with Crippen LogP contribution < -0.4 is 0 Å². The summed E-state index contributed by atoms with van der Waals surface area (Å²) in [6, 6.07) is 14.4. The van der Waals surface area contributed by atoms with E-state index >= 15 is 0 Å². The van der Waals surface area contributed by atoms with Gasteiger partial charge in [-0.1, -0.05) is 12.1 Å². The van der Waals surface area contributed by atoms with Crippen LogP contribution in [0, 0.1) is 5.82 Å². The number of methoxy groups -OCH3 is 1. The Kier molecular flexibility index (Phi) is 5.02. The minimum absolute atomic E-state index is 0.238. The molecule has 29 heavy (non-hydrogen) atoms. The first-order chi connectivity index (χ1) is 13.8. The summed E-state index contributed by atoms with van der Waals surface area (Å²) in [6.07, 6.45) is 2.70. The maximum atomic E-state index is 13.4. The lowest BCUT2D eigenvalue weighted by Gasteiger charge is -2.24. The fourth-order valence-electron chi connectivity index (χ4n) is 3.51. The number of sulfone groups is 1. The van der Waals surface area contributed by atoms with E-state index in [2.05, 4.69) is 0 Å². The predicted octanol–water partition coefficient (Wildman–Crippen LogP) is 3.69. The molecule has 0 spiro atoms. The van der Waals surface area contributed by atoms with Crippen LogP contribution in [-0.4, -0.2) is 38.2 Å². The molecule has 2 heterocycles. The van der Waals surface area contributed by atoms with Crippen molar-refractivity contribution in [2.45, 2.75) is 23.5 Å². The summed E-state index contributed by atoms with van der Waals surface area (Å²) in [6.45, 7) is 0.579. The molecular formula is C21H21FN2O4S. The van der Waals surface area contributed by atoms with Crippen LogP contribution in [0.1, 0.15) is 18.5 Å². The molecular weight excluding hydrogens is 395 g/mol. The van der Waals surface area contributed by atoms with Gasteiger partial charge in [0.15, 0.2) is 9.84 Å². The van der Waals surface area contributed by atoms with Crippen LogP contribution in [0.4, 0.5) is 4.39 Å². The molecule has 0 amide bonds. The molecule has 1 fully saturated rings. The van der Waals surface area contributed by atoms with Gasteiger partial charge in [0, 0.05) is 25.3 Å². The van der Waals surface area contributed by atoms with Gasteiger partial charge in [-0.2, -0.15) is 5.10 Å². The lowest BCUT2D eigenvalue weighted by molar-refractivity contribution is -0.204. The standard InChI is InChI=1S/C21H21FN2O4S/c1-27-21(12-3-13-28-21)20-14-19(15-4-10-18(11-5-15)29(2,25)26)24(23-20)17-8-6-16(22)7-9-17/h4-11,14H,3,12-13H2,1-2H3. The molecule has 4 rings (SSSR count). The molecule has 2 aromatic carbocycles. The molecule has 1 aliphatic heterocycles. The molecule has 1 saturated heterocycles. The second-order valence-electron chi connectivity index (χ2n) is 7.01. The average molecular weight is 416 g/mol. The van der Waals surface area contributed by atoms with E-state index in [1.807, 2.05) is 6.07 Å². The second kappa shape index (κ2) is 7.37. The highest BCUT2D eigenvalue weighted by Crippen LogP contribution is 2.38. The second-order valence-corrected chi connectivity index (χ2v) is 9.02. The van der Waals surface area contributed by atoms with Crippen LogP contribution in [0.3, 0.4) is 0 Å². The Balaban J connectivity index is 1.86. The molecule has 8 heteroatoms. The molecule has 0 bridgehead atoms. The third-order valence-corrected chi connectivity index (χ3v) is 6.19. The van der Waals surface area contributed by atoms with Crippen LogP contribution in [0.2, 0.25) is 0 Å². The molecule has 0 aliphatic carbocycles. The Bertz CT molecular complexity index is 1120. The first-order valence-corrected chi connectivity index (χ1v) is 11.1. The van der Waals surface area contributed by atoms with Crippen molar-refractivity contribution in [3.05, 3.63) is 66.1 Å². The third-order valence-electron chi connectivity index (χ3n) is 5.06. The van der Waals surface area contributed by atoms with Crippen LogP contribution in [0.25, 0.3) is 16.9 Å². The summed E-state index contributed by atoms with van der Waals surface area (Å²) < 4.78 is 50.2. The van der Waals surface area contributed by atoms with E-state index in [1.54, 1.807) is 48.2 Å². The summed E-state index contributed by atoms with van der Waals surface area (Å²) >= 11 is 0. The Morgan fingerprint density at radius 2 is 1.83 bits per heavy atom. The molecule has 3 aromatic rings. The minimum atomic E-state index is -3.29. The van der Waals surface area contributed by atoms with Gasteiger partial charge in [0.25, 0.3) is 0 Å². The van der Waals surface area contributed by atoms with Gasteiger partial charge in [-0.3, -0.25) is 0 Å². The number of benzene rings is 2. The van der Waals surface area contributed by atoms with Crippen molar-refractivity contribution in [2.24, 2.45) is 0 Å². The van der Waals surface area contributed by atoms with Crippen LogP contribution in [-0.2, 0) is 25.1 Å². The Morgan fingerprint density at radius 3 is 2.38 bits per heavy atom. The number of rotatable bonds is 5. The van der Waals surface area contributed by atoms with E-state index in [0.717, 1.165) is 17.7 Å². The highest BCUT2D eigenvalue weighted by molar-refractivity contribution is 7.90. The van der Waals surface area contributed by atoms with E-state index in [4.69, 9.17) is 14.6 Å². The zero-order chi connectivity index (χ0) is 20.6. The van der Waals surface area contributed by atoms with Crippen molar-refractivity contribution >= 4 is 9.84 Å². The number of hydrogen-bond acceptors (Lipinski definition) is 5. The van der Waals surface area contributed by atoms with Gasteiger partial charge < -0.3 is 9.47 Å². The predicted molar refractivity (Wildman–Crippen MR) is 106 cm³/mol. The van der Waals surface area contributed by atoms with E-state index in [1.165, 1.54) is 18.4 Å². The molecule has 1 atom stereocenters. The fourth-order valence-corrected chi connectivity index (χ4v) is 4.14. The highest BCUT2D eigenvalue weighted by atomic mass is 32.2. The topological polar surface area (TPSA) is 70.4 Å². The molecule has 1 aliphatic rings. The van der Waals surface area contributed by atoms with Gasteiger partial charge in [-0.15, -0.1) is 0 Å². The van der Waals surface area contributed by atoms with Gasteiger partial charge >= 0.3 is 0 Å². The third kappa shape index (κ3) is 3.71. The number of aromatic nitrogens is 2. The Morgan fingerprint density at radius 1 is 1.14 bits per heavy atom. The molecule has 152 valence electrons. The number of halogens is 1. The van der Waals surface area contributed by atoms with Gasteiger partial charge in [-0.25, -0.2) is 17.5 Å². The first kappa shape index (κ1) is 19.8. The monoisotopic (exact) mass is 416 g/mol. The SMILES string of the molecule is COC1(c2cc(-c3ccc(S(C)(=O)=O)cc3)n(-c3ccc(F)cc3)n2)CCCO1. The summed E-state index contributed by atoms with van der Waals surface area (Å²) in [5, 5.41) is 4.71. The zero-order valence-corrected chi connectivity index (χ0v) is 16.9.